The van der Waals surface area contributed by atoms with E-state index < -0.39 is 11.7 Å². The maximum atomic E-state index is 12.9. The highest BCUT2D eigenvalue weighted by atomic mass is 32.1. The van der Waals surface area contributed by atoms with E-state index in [9.17, 15) is 13.2 Å². The van der Waals surface area contributed by atoms with Crippen molar-refractivity contribution < 1.29 is 13.2 Å². The third-order valence-electron chi connectivity index (χ3n) is 3.80. The smallest absolute Gasteiger partial charge is 0.297 e. The van der Waals surface area contributed by atoms with Crippen LogP contribution in [-0.4, -0.2) is 11.7 Å². The number of aryl methyl sites for hydroxylation is 1. The van der Waals surface area contributed by atoms with Crippen LogP contribution in [0.25, 0.3) is 0 Å². The molecule has 0 radical (unpaired) electrons. The third kappa shape index (κ3) is 1.89. The number of nitrogens with one attached hydrogen (secondary N) is 1. The molecule has 1 atom stereocenters. The Hall–Kier alpha value is -0.550. The first-order valence-electron chi connectivity index (χ1n) is 5.93. The topological polar surface area (TPSA) is 12.0 Å². The molecule has 1 N–H and O–H groups in total. The first-order valence-corrected chi connectivity index (χ1v) is 6.80. The van der Waals surface area contributed by atoms with E-state index in [-0.39, 0.29) is 18.9 Å². The Morgan fingerprint density at radius 3 is 2.76 bits per heavy atom. The lowest BCUT2D eigenvalue weighted by atomic mass is 9.93. The van der Waals surface area contributed by atoms with Gasteiger partial charge in [0.25, 0.3) is 0 Å². The normalized spacial score (nSPS) is 26.6. The first-order chi connectivity index (χ1) is 8.02. The van der Waals surface area contributed by atoms with Crippen molar-refractivity contribution in [2.45, 2.75) is 49.9 Å². The SMILES string of the molecule is FC(F)(F)C1(NC2CCCc3sccc32)CC1. The predicted octanol–water partition coefficient (Wildman–Crippen LogP) is 3.81. The Morgan fingerprint density at radius 2 is 2.12 bits per heavy atom. The zero-order valence-corrected chi connectivity index (χ0v) is 10.1. The lowest BCUT2D eigenvalue weighted by molar-refractivity contribution is -0.168. The van der Waals surface area contributed by atoms with Crippen molar-refractivity contribution in [3.63, 3.8) is 0 Å². The number of rotatable bonds is 2. The van der Waals surface area contributed by atoms with Crippen LogP contribution in [0, 0.1) is 0 Å². The largest absolute Gasteiger partial charge is 0.406 e. The van der Waals surface area contributed by atoms with E-state index >= 15 is 0 Å². The van der Waals surface area contributed by atoms with Crippen molar-refractivity contribution in [2.75, 3.05) is 0 Å². The maximum absolute atomic E-state index is 12.9. The lowest BCUT2D eigenvalue weighted by Gasteiger charge is -2.30. The van der Waals surface area contributed by atoms with Crippen LogP contribution in [0.4, 0.5) is 13.2 Å². The highest BCUT2D eigenvalue weighted by molar-refractivity contribution is 7.10. The molecule has 2 aliphatic rings. The number of halogens is 3. The van der Waals surface area contributed by atoms with Gasteiger partial charge in [-0.25, -0.2) is 0 Å². The summed E-state index contributed by atoms with van der Waals surface area (Å²) < 4.78 is 38.7. The van der Waals surface area contributed by atoms with Crippen molar-refractivity contribution in [3.05, 3.63) is 21.9 Å². The van der Waals surface area contributed by atoms with Crippen LogP contribution in [-0.2, 0) is 6.42 Å². The Balaban J connectivity index is 1.80. The van der Waals surface area contributed by atoms with Gasteiger partial charge < -0.3 is 0 Å². The highest BCUT2D eigenvalue weighted by Crippen LogP contribution is 2.51. The number of fused-ring (bicyclic) bond motifs is 1. The van der Waals surface area contributed by atoms with Gasteiger partial charge in [-0.15, -0.1) is 11.3 Å². The van der Waals surface area contributed by atoms with Crippen molar-refractivity contribution >= 4 is 11.3 Å². The molecule has 1 unspecified atom stereocenters. The summed E-state index contributed by atoms with van der Waals surface area (Å²) in [6.07, 6.45) is -0.829. The third-order valence-corrected chi connectivity index (χ3v) is 4.79. The van der Waals surface area contributed by atoms with E-state index in [0.717, 1.165) is 24.8 Å². The zero-order valence-electron chi connectivity index (χ0n) is 9.31. The number of thiophene rings is 1. The van der Waals surface area contributed by atoms with Gasteiger partial charge in [-0.3, -0.25) is 5.32 Å². The molecule has 0 aliphatic heterocycles. The van der Waals surface area contributed by atoms with Gasteiger partial charge in [-0.1, -0.05) is 0 Å². The summed E-state index contributed by atoms with van der Waals surface area (Å²) in [5, 5.41) is 4.85. The predicted molar refractivity (Wildman–Crippen MR) is 61.2 cm³/mol. The standard InChI is InChI=1S/C12H14F3NS/c13-12(14,15)11(5-6-11)16-9-2-1-3-10-8(9)4-7-17-10/h4,7,9,16H,1-3,5-6H2. The Kier molecular flexibility index (Phi) is 2.52. The van der Waals surface area contributed by atoms with Gasteiger partial charge in [-0.2, -0.15) is 13.2 Å². The quantitative estimate of drug-likeness (QED) is 0.853. The Morgan fingerprint density at radius 1 is 1.35 bits per heavy atom. The van der Waals surface area contributed by atoms with Gasteiger partial charge in [0.15, 0.2) is 0 Å². The lowest BCUT2D eigenvalue weighted by Crippen LogP contribution is -2.47. The van der Waals surface area contributed by atoms with Crippen molar-refractivity contribution in [1.82, 2.24) is 5.32 Å². The van der Waals surface area contributed by atoms with Crippen LogP contribution in [0.3, 0.4) is 0 Å². The summed E-state index contributed by atoms with van der Waals surface area (Å²) in [5.74, 6) is 0. The summed E-state index contributed by atoms with van der Waals surface area (Å²) in [7, 11) is 0. The van der Waals surface area contributed by atoms with Gasteiger partial charge >= 0.3 is 6.18 Å². The second-order valence-electron chi connectivity index (χ2n) is 4.97. The van der Waals surface area contributed by atoms with Crippen molar-refractivity contribution in [2.24, 2.45) is 0 Å². The summed E-state index contributed by atoms with van der Waals surface area (Å²) in [4.78, 5) is 1.26. The molecule has 0 amide bonds. The molecule has 5 heteroatoms. The van der Waals surface area contributed by atoms with Crippen LogP contribution in [0.15, 0.2) is 11.4 Å². The minimum absolute atomic E-state index is 0.103. The molecule has 0 saturated heterocycles. The molecule has 0 bridgehead atoms. The van der Waals surface area contributed by atoms with Gasteiger partial charge in [0.2, 0.25) is 0 Å². The van der Waals surface area contributed by atoms with E-state index in [1.54, 1.807) is 11.3 Å². The molecule has 1 heterocycles. The molecule has 1 saturated carbocycles. The summed E-state index contributed by atoms with van der Waals surface area (Å²) >= 11 is 1.66. The van der Waals surface area contributed by atoms with Gasteiger partial charge in [0.05, 0.1) is 0 Å². The number of alkyl halides is 3. The van der Waals surface area contributed by atoms with Gasteiger partial charge in [0, 0.05) is 10.9 Å². The second kappa shape index (κ2) is 3.72. The summed E-state index contributed by atoms with van der Waals surface area (Å²) in [6.45, 7) is 0. The average molecular weight is 261 g/mol. The molecule has 0 spiro atoms. The van der Waals surface area contributed by atoms with E-state index in [4.69, 9.17) is 0 Å². The Labute approximate surface area is 102 Å². The number of hydrogen-bond acceptors (Lipinski definition) is 2. The molecule has 3 rings (SSSR count). The molecule has 17 heavy (non-hydrogen) atoms. The van der Waals surface area contributed by atoms with Crippen LogP contribution in [0.5, 0.6) is 0 Å². The molecule has 0 aromatic carbocycles. The van der Waals surface area contributed by atoms with Crippen LogP contribution >= 0.6 is 11.3 Å². The highest BCUT2D eigenvalue weighted by Gasteiger charge is 2.63. The molecule has 1 fully saturated rings. The monoisotopic (exact) mass is 261 g/mol. The fourth-order valence-electron chi connectivity index (χ4n) is 2.60. The van der Waals surface area contributed by atoms with Crippen LogP contribution in [0.2, 0.25) is 0 Å². The molecule has 1 nitrogen and oxygen atoms in total. The van der Waals surface area contributed by atoms with Gasteiger partial charge in [0.1, 0.15) is 5.54 Å². The van der Waals surface area contributed by atoms with E-state index in [1.165, 1.54) is 4.88 Å². The van der Waals surface area contributed by atoms with Crippen molar-refractivity contribution in [1.29, 1.82) is 0 Å². The summed E-state index contributed by atoms with van der Waals surface area (Å²) in [6, 6.07) is 1.87. The minimum atomic E-state index is -4.11. The van der Waals surface area contributed by atoms with E-state index in [1.807, 2.05) is 11.4 Å². The minimum Gasteiger partial charge on any atom is -0.297 e. The molecule has 1 aromatic rings. The van der Waals surface area contributed by atoms with Crippen LogP contribution < -0.4 is 5.32 Å². The first kappa shape index (κ1) is 11.5. The number of hydrogen-bond donors (Lipinski definition) is 1. The fraction of sp³-hybridized carbons (Fsp3) is 0.667. The molecule has 1 aromatic heterocycles. The fourth-order valence-corrected chi connectivity index (χ4v) is 3.59. The van der Waals surface area contributed by atoms with Crippen molar-refractivity contribution in [3.8, 4) is 0 Å². The Bertz CT molecular complexity index is 420. The second-order valence-corrected chi connectivity index (χ2v) is 5.97. The maximum Gasteiger partial charge on any atom is 0.406 e. The van der Waals surface area contributed by atoms with Crippen LogP contribution in [0.1, 0.15) is 42.2 Å². The average Bonchev–Trinajstić information content (AvgIpc) is 2.89. The zero-order chi connectivity index (χ0) is 12.1. The molecular weight excluding hydrogens is 247 g/mol. The van der Waals surface area contributed by atoms with Gasteiger partial charge in [-0.05, 0) is 49.1 Å². The molecule has 2 aliphatic carbocycles. The molecule has 94 valence electrons. The van der Waals surface area contributed by atoms with E-state index in [2.05, 4.69) is 5.32 Å². The van der Waals surface area contributed by atoms with E-state index in [0.29, 0.717) is 0 Å². The molecular formula is C12H14F3NS. The summed E-state index contributed by atoms with van der Waals surface area (Å²) in [5.41, 5.74) is -0.495.